The van der Waals surface area contributed by atoms with E-state index < -0.39 is 6.10 Å². The standard InChI is InChI=1S/C71H136O6/c1-4-7-10-13-16-19-22-24-26-28-30-32-33-34-35-36-37-38-39-41-42-44-46-49-52-55-58-61-64-70(73)76-67-68(66-75-69(72)63-60-57-54-51-48-21-18-15-12-9-6-3)77-71(74)65-62-59-56-53-50-47-45-43-40-31-29-27-25-23-20-17-14-11-8-5-2/h15,18,68H,4-14,16-17,19-67H2,1-3H3/b18-15-. The largest absolute Gasteiger partial charge is 0.462 e. The molecule has 456 valence electrons. The molecule has 0 aliphatic carbocycles. The summed E-state index contributed by atoms with van der Waals surface area (Å²) >= 11 is 0. The SMILES string of the molecule is CCCC/C=C\CCCCCCCC(=O)OCC(COC(=O)CCCCCCCCCCCCCCCCCCCCCCCCCCCCCC)OC(=O)CCCCCCCCCCCCCCCCCCCCCC. The van der Waals surface area contributed by atoms with Gasteiger partial charge in [0.1, 0.15) is 13.2 Å². The van der Waals surface area contributed by atoms with Gasteiger partial charge in [0.25, 0.3) is 0 Å². The highest BCUT2D eigenvalue weighted by molar-refractivity contribution is 5.71. The number of esters is 3. The quantitative estimate of drug-likeness (QED) is 0.0261. The molecule has 0 fully saturated rings. The second-order valence-corrected chi connectivity index (χ2v) is 24.2. The van der Waals surface area contributed by atoms with Crippen LogP contribution in [0.4, 0.5) is 0 Å². The summed E-state index contributed by atoms with van der Waals surface area (Å²) in [4.78, 5) is 38.3. The van der Waals surface area contributed by atoms with Crippen LogP contribution in [0.25, 0.3) is 0 Å². The maximum Gasteiger partial charge on any atom is 0.306 e. The highest BCUT2D eigenvalue weighted by atomic mass is 16.6. The molecule has 0 aromatic heterocycles. The van der Waals surface area contributed by atoms with Crippen LogP contribution in [0.15, 0.2) is 12.2 Å². The minimum atomic E-state index is -0.769. The lowest BCUT2D eigenvalue weighted by atomic mass is 10.0. The summed E-state index contributed by atoms with van der Waals surface area (Å²) in [7, 11) is 0. The van der Waals surface area contributed by atoms with Crippen molar-refractivity contribution in [3.63, 3.8) is 0 Å². The van der Waals surface area contributed by atoms with Crippen molar-refractivity contribution in [2.75, 3.05) is 13.2 Å². The van der Waals surface area contributed by atoms with Crippen LogP contribution >= 0.6 is 0 Å². The molecule has 1 atom stereocenters. The van der Waals surface area contributed by atoms with Gasteiger partial charge >= 0.3 is 17.9 Å². The summed E-state index contributed by atoms with van der Waals surface area (Å²) in [6.45, 7) is 6.68. The Morgan fingerprint density at radius 1 is 0.247 bits per heavy atom. The normalized spacial score (nSPS) is 12.0. The van der Waals surface area contributed by atoms with Gasteiger partial charge in [-0.25, -0.2) is 0 Å². The molecule has 0 aliphatic rings. The molecule has 6 nitrogen and oxygen atoms in total. The maximum absolute atomic E-state index is 12.9. The molecule has 0 aromatic rings. The molecule has 0 N–H and O–H groups in total. The van der Waals surface area contributed by atoms with E-state index in [1.54, 1.807) is 0 Å². The molecule has 0 saturated heterocycles. The molecule has 0 bridgehead atoms. The Hall–Kier alpha value is -1.85. The van der Waals surface area contributed by atoms with E-state index in [1.807, 2.05) is 0 Å². The predicted molar refractivity (Wildman–Crippen MR) is 335 cm³/mol. The minimum absolute atomic E-state index is 0.0659. The molecule has 6 heteroatoms. The topological polar surface area (TPSA) is 78.9 Å². The summed E-state index contributed by atoms with van der Waals surface area (Å²) in [5.41, 5.74) is 0. The minimum Gasteiger partial charge on any atom is -0.462 e. The summed E-state index contributed by atoms with van der Waals surface area (Å²) in [5.74, 6) is -0.843. The van der Waals surface area contributed by atoms with Crippen molar-refractivity contribution >= 4 is 17.9 Å². The molecular weight excluding hydrogens is 949 g/mol. The van der Waals surface area contributed by atoms with Crippen LogP contribution in [-0.4, -0.2) is 37.2 Å². The van der Waals surface area contributed by atoms with Gasteiger partial charge in [0.2, 0.25) is 0 Å². The number of hydrogen-bond acceptors (Lipinski definition) is 6. The molecule has 1 unspecified atom stereocenters. The number of rotatable bonds is 66. The van der Waals surface area contributed by atoms with Crippen molar-refractivity contribution in [2.45, 2.75) is 412 Å². The first-order valence-electron chi connectivity index (χ1n) is 35.2. The second kappa shape index (κ2) is 66.7. The molecule has 0 radical (unpaired) electrons. The van der Waals surface area contributed by atoms with Crippen molar-refractivity contribution in [3.05, 3.63) is 12.2 Å². The fourth-order valence-electron chi connectivity index (χ4n) is 11.0. The van der Waals surface area contributed by atoms with Gasteiger partial charge in [-0.3, -0.25) is 14.4 Å². The third-order valence-corrected chi connectivity index (χ3v) is 16.3. The highest BCUT2D eigenvalue weighted by Gasteiger charge is 2.19. The van der Waals surface area contributed by atoms with Gasteiger partial charge in [-0.05, 0) is 38.5 Å². The van der Waals surface area contributed by atoms with Crippen molar-refractivity contribution < 1.29 is 28.6 Å². The Morgan fingerprint density at radius 2 is 0.442 bits per heavy atom. The molecule has 0 amide bonds. The summed E-state index contributed by atoms with van der Waals surface area (Å²) in [6.07, 6.45) is 79.7. The number of ether oxygens (including phenoxy) is 3. The van der Waals surface area contributed by atoms with Crippen molar-refractivity contribution in [3.8, 4) is 0 Å². The number of allylic oxidation sites excluding steroid dienone is 2. The molecule has 0 saturated carbocycles. The first kappa shape index (κ1) is 75.2. The van der Waals surface area contributed by atoms with Gasteiger partial charge in [0, 0.05) is 19.3 Å². The molecule has 0 rings (SSSR count). The molecular formula is C71H136O6. The van der Waals surface area contributed by atoms with E-state index in [4.69, 9.17) is 14.2 Å². The monoisotopic (exact) mass is 1090 g/mol. The highest BCUT2D eigenvalue weighted by Crippen LogP contribution is 2.19. The second-order valence-electron chi connectivity index (χ2n) is 24.2. The van der Waals surface area contributed by atoms with E-state index in [-0.39, 0.29) is 31.1 Å². The fourth-order valence-corrected chi connectivity index (χ4v) is 11.0. The van der Waals surface area contributed by atoms with Gasteiger partial charge in [0.05, 0.1) is 0 Å². The Kier molecular flexibility index (Phi) is 65.1. The smallest absolute Gasteiger partial charge is 0.306 e. The van der Waals surface area contributed by atoms with Crippen LogP contribution in [0.2, 0.25) is 0 Å². The lowest BCUT2D eigenvalue weighted by Crippen LogP contribution is -2.30. The lowest BCUT2D eigenvalue weighted by molar-refractivity contribution is -0.167. The Labute approximate surface area is 481 Å². The molecule has 77 heavy (non-hydrogen) atoms. The third kappa shape index (κ3) is 64.9. The van der Waals surface area contributed by atoms with E-state index in [9.17, 15) is 14.4 Å². The Morgan fingerprint density at radius 3 is 0.688 bits per heavy atom. The van der Waals surface area contributed by atoms with Crippen LogP contribution in [0.1, 0.15) is 406 Å². The first-order valence-corrected chi connectivity index (χ1v) is 35.2. The van der Waals surface area contributed by atoms with Crippen LogP contribution in [0.3, 0.4) is 0 Å². The van der Waals surface area contributed by atoms with E-state index in [2.05, 4.69) is 32.9 Å². The predicted octanol–water partition coefficient (Wildman–Crippen LogP) is 24.0. The molecule has 0 spiro atoms. The molecule has 0 heterocycles. The first-order chi connectivity index (χ1) is 38.0. The van der Waals surface area contributed by atoms with E-state index in [1.165, 1.54) is 302 Å². The van der Waals surface area contributed by atoms with E-state index in [0.29, 0.717) is 19.3 Å². The summed E-state index contributed by atoms with van der Waals surface area (Å²) in [5, 5.41) is 0. The van der Waals surface area contributed by atoms with Crippen LogP contribution < -0.4 is 0 Å². The average Bonchev–Trinajstić information content (AvgIpc) is 3.43. The average molecular weight is 1090 g/mol. The molecule has 0 aromatic carbocycles. The fraction of sp³-hybridized carbons (Fsp3) is 0.930. The maximum atomic E-state index is 12.9. The van der Waals surface area contributed by atoms with Crippen molar-refractivity contribution in [2.24, 2.45) is 0 Å². The molecule has 0 aliphatic heterocycles. The number of unbranched alkanes of at least 4 members (excludes halogenated alkanes) is 53. The zero-order valence-electron chi connectivity index (χ0n) is 52.5. The van der Waals surface area contributed by atoms with Gasteiger partial charge in [0.15, 0.2) is 6.10 Å². The number of carbonyl (C=O) groups is 3. The van der Waals surface area contributed by atoms with E-state index in [0.717, 1.165) is 64.2 Å². The number of hydrogen-bond donors (Lipinski definition) is 0. The summed E-state index contributed by atoms with van der Waals surface area (Å²) in [6, 6.07) is 0. The van der Waals surface area contributed by atoms with Gasteiger partial charge in [-0.2, -0.15) is 0 Å². The van der Waals surface area contributed by atoms with Gasteiger partial charge < -0.3 is 14.2 Å². The van der Waals surface area contributed by atoms with E-state index >= 15 is 0 Å². The summed E-state index contributed by atoms with van der Waals surface area (Å²) < 4.78 is 17.0. The van der Waals surface area contributed by atoms with Crippen LogP contribution in [0.5, 0.6) is 0 Å². The number of carbonyl (C=O) groups excluding carboxylic acids is 3. The van der Waals surface area contributed by atoms with Crippen molar-refractivity contribution in [1.29, 1.82) is 0 Å². The zero-order chi connectivity index (χ0) is 55.7. The van der Waals surface area contributed by atoms with Gasteiger partial charge in [-0.15, -0.1) is 0 Å². The Bertz CT molecular complexity index is 1200. The Balaban J connectivity index is 4.12. The van der Waals surface area contributed by atoms with Crippen LogP contribution in [-0.2, 0) is 28.6 Å². The third-order valence-electron chi connectivity index (χ3n) is 16.3. The zero-order valence-corrected chi connectivity index (χ0v) is 52.5. The lowest BCUT2D eigenvalue weighted by Gasteiger charge is -2.18. The van der Waals surface area contributed by atoms with Crippen LogP contribution in [0, 0.1) is 0 Å². The van der Waals surface area contributed by atoms with Crippen molar-refractivity contribution in [1.82, 2.24) is 0 Å². The van der Waals surface area contributed by atoms with Gasteiger partial charge in [-0.1, -0.05) is 360 Å².